The first-order valence-corrected chi connectivity index (χ1v) is 7.05. The molecule has 0 radical (unpaired) electrons. The van der Waals surface area contributed by atoms with Crippen molar-refractivity contribution in [3.8, 4) is 0 Å². The lowest BCUT2D eigenvalue weighted by atomic mass is 9.86. The Morgan fingerprint density at radius 2 is 2.05 bits per heavy atom. The van der Waals surface area contributed by atoms with Crippen LogP contribution in [0.25, 0.3) is 0 Å². The van der Waals surface area contributed by atoms with Gasteiger partial charge in [-0.3, -0.25) is 4.79 Å². The Bertz CT molecular complexity index is 671. The van der Waals surface area contributed by atoms with Crippen LogP contribution in [0.3, 0.4) is 0 Å². The Hall–Kier alpha value is -2.43. The molecule has 1 aromatic heterocycles. The smallest absolute Gasteiger partial charge is 0.306 e. The third-order valence-corrected chi connectivity index (χ3v) is 3.86. The average molecular weight is 283 g/mol. The van der Waals surface area contributed by atoms with Gasteiger partial charge in [-0.2, -0.15) is 0 Å². The zero-order chi connectivity index (χ0) is 14.8. The van der Waals surface area contributed by atoms with E-state index in [2.05, 4.69) is 15.3 Å². The number of aliphatic carboxylic acids is 1. The molecule has 0 aliphatic heterocycles. The predicted molar refractivity (Wildman–Crippen MR) is 79.6 cm³/mol. The molecule has 1 aliphatic rings. The van der Waals surface area contributed by atoms with Gasteiger partial charge in [0.15, 0.2) is 0 Å². The summed E-state index contributed by atoms with van der Waals surface area (Å²) in [6.07, 6.45) is 1.87. The van der Waals surface area contributed by atoms with Gasteiger partial charge in [-0.1, -0.05) is 18.2 Å². The third-order valence-electron chi connectivity index (χ3n) is 3.86. The fourth-order valence-corrected chi connectivity index (χ4v) is 2.70. The summed E-state index contributed by atoms with van der Waals surface area (Å²) in [5.74, 6) is -0.467. The largest absolute Gasteiger partial charge is 0.481 e. The van der Waals surface area contributed by atoms with Gasteiger partial charge in [-0.15, -0.1) is 0 Å². The maximum atomic E-state index is 11.1. The molecule has 5 heteroatoms. The fourth-order valence-electron chi connectivity index (χ4n) is 2.70. The van der Waals surface area contributed by atoms with E-state index < -0.39 is 5.97 Å². The molecule has 1 heterocycles. The summed E-state index contributed by atoms with van der Waals surface area (Å²) >= 11 is 0. The Morgan fingerprint density at radius 1 is 1.29 bits per heavy atom. The van der Waals surface area contributed by atoms with Crippen molar-refractivity contribution in [2.45, 2.75) is 26.2 Å². The van der Waals surface area contributed by atoms with E-state index >= 15 is 0 Å². The number of nitrogens with zero attached hydrogens (tertiary/aromatic N) is 2. The van der Waals surface area contributed by atoms with E-state index in [4.69, 9.17) is 5.11 Å². The number of carboxylic acids is 1. The molecule has 0 fully saturated rings. The molecule has 108 valence electrons. The van der Waals surface area contributed by atoms with Crippen LogP contribution >= 0.6 is 0 Å². The van der Waals surface area contributed by atoms with Crippen LogP contribution in [-0.2, 0) is 17.6 Å². The molecule has 1 unspecified atom stereocenters. The first kappa shape index (κ1) is 13.5. The molecule has 0 spiro atoms. The van der Waals surface area contributed by atoms with Crippen LogP contribution in [0.2, 0.25) is 0 Å². The fraction of sp³-hybridized carbons (Fsp3) is 0.312. The van der Waals surface area contributed by atoms with Gasteiger partial charge < -0.3 is 10.4 Å². The second-order valence-corrected chi connectivity index (χ2v) is 5.33. The second kappa shape index (κ2) is 5.52. The normalized spacial score (nSPS) is 17.1. The molecule has 2 aromatic rings. The number of carboxylic acid groups (broad SMARTS) is 1. The van der Waals surface area contributed by atoms with Crippen molar-refractivity contribution in [1.29, 1.82) is 0 Å². The van der Waals surface area contributed by atoms with E-state index in [9.17, 15) is 4.79 Å². The molecule has 5 nitrogen and oxygen atoms in total. The Balaban J connectivity index is 1.87. The summed E-state index contributed by atoms with van der Waals surface area (Å²) in [4.78, 5) is 20.1. The molecule has 21 heavy (non-hydrogen) atoms. The van der Waals surface area contributed by atoms with E-state index in [1.165, 1.54) is 0 Å². The van der Waals surface area contributed by atoms with Crippen LogP contribution in [0, 0.1) is 12.8 Å². The van der Waals surface area contributed by atoms with Crippen LogP contribution in [0.5, 0.6) is 0 Å². The SMILES string of the molecule is Cc1nc(Nc2ccccc2)nc2c1CC(C(=O)O)CC2. The minimum absolute atomic E-state index is 0.312. The van der Waals surface area contributed by atoms with Gasteiger partial charge in [-0.05, 0) is 43.9 Å². The molecule has 0 saturated carbocycles. The number of aromatic nitrogens is 2. The number of benzene rings is 1. The first-order valence-electron chi connectivity index (χ1n) is 7.05. The number of rotatable bonds is 3. The monoisotopic (exact) mass is 283 g/mol. The van der Waals surface area contributed by atoms with Crippen LogP contribution in [0.1, 0.15) is 23.4 Å². The number of hydrogen-bond acceptors (Lipinski definition) is 4. The summed E-state index contributed by atoms with van der Waals surface area (Å²) in [7, 11) is 0. The molecule has 2 N–H and O–H groups in total. The molecule has 0 saturated heterocycles. The molecule has 1 aliphatic carbocycles. The summed E-state index contributed by atoms with van der Waals surface area (Å²) in [5, 5.41) is 12.3. The highest BCUT2D eigenvalue weighted by molar-refractivity contribution is 5.71. The van der Waals surface area contributed by atoms with Crippen molar-refractivity contribution >= 4 is 17.6 Å². The van der Waals surface area contributed by atoms with E-state index in [0.29, 0.717) is 25.2 Å². The molecule has 1 atom stereocenters. The lowest BCUT2D eigenvalue weighted by molar-refractivity contribution is -0.142. The molecule has 3 rings (SSSR count). The second-order valence-electron chi connectivity index (χ2n) is 5.33. The van der Waals surface area contributed by atoms with Crippen molar-refractivity contribution in [2.75, 3.05) is 5.32 Å². The summed E-state index contributed by atoms with van der Waals surface area (Å²) in [6, 6.07) is 9.77. The Morgan fingerprint density at radius 3 is 2.76 bits per heavy atom. The highest BCUT2D eigenvalue weighted by Gasteiger charge is 2.27. The molecule has 0 amide bonds. The summed E-state index contributed by atoms with van der Waals surface area (Å²) in [5.41, 5.74) is 3.77. The predicted octanol–water partition coefficient (Wildman–Crippen LogP) is 2.72. The molecule has 0 bridgehead atoms. The van der Waals surface area contributed by atoms with Gasteiger partial charge in [0.05, 0.1) is 5.92 Å². The van der Waals surface area contributed by atoms with Crippen molar-refractivity contribution in [3.63, 3.8) is 0 Å². The van der Waals surface area contributed by atoms with Gasteiger partial charge in [-0.25, -0.2) is 9.97 Å². The summed E-state index contributed by atoms with van der Waals surface area (Å²) < 4.78 is 0. The Kier molecular flexibility index (Phi) is 3.56. The highest BCUT2D eigenvalue weighted by Crippen LogP contribution is 2.27. The lowest BCUT2D eigenvalue weighted by Gasteiger charge is -2.22. The number of hydrogen-bond donors (Lipinski definition) is 2. The molecule has 1 aromatic carbocycles. The minimum atomic E-state index is -0.730. The maximum absolute atomic E-state index is 11.1. The summed E-state index contributed by atoms with van der Waals surface area (Å²) in [6.45, 7) is 1.92. The number of para-hydroxylation sites is 1. The van der Waals surface area contributed by atoms with Gasteiger partial charge in [0.25, 0.3) is 0 Å². The number of fused-ring (bicyclic) bond motifs is 1. The maximum Gasteiger partial charge on any atom is 0.306 e. The van der Waals surface area contributed by atoms with Gasteiger partial charge in [0.2, 0.25) is 5.95 Å². The van der Waals surface area contributed by atoms with E-state index in [-0.39, 0.29) is 5.92 Å². The number of aryl methyl sites for hydroxylation is 2. The van der Waals surface area contributed by atoms with Crippen LogP contribution in [0.15, 0.2) is 30.3 Å². The van der Waals surface area contributed by atoms with Crippen molar-refractivity contribution in [2.24, 2.45) is 5.92 Å². The van der Waals surface area contributed by atoms with Crippen molar-refractivity contribution in [3.05, 3.63) is 47.3 Å². The Labute approximate surface area is 123 Å². The number of carbonyl (C=O) groups is 1. The van der Waals surface area contributed by atoms with Crippen molar-refractivity contribution < 1.29 is 9.90 Å². The third kappa shape index (κ3) is 2.86. The minimum Gasteiger partial charge on any atom is -0.481 e. The van der Waals surface area contributed by atoms with Gasteiger partial charge in [0, 0.05) is 17.1 Å². The number of nitrogens with one attached hydrogen (secondary N) is 1. The van der Waals surface area contributed by atoms with Crippen molar-refractivity contribution in [1.82, 2.24) is 9.97 Å². The molecular formula is C16H17N3O2. The van der Waals surface area contributed by atoms with E-state index in [1.807, 2.05) is 37.3 Å². The van der Waals surface area contributed by atoms with E-state index in [0.717, 1.165) is 22.6 Å². The zero-order valence-electron chi connectivity index (χ0n) is 11.8. The lowest BCUT2D eigenvalue weighted by Crippen LogP contribution is -2.24. The zero-order valence-corrected chi connectivity index (χ0v) is 11.8. The van der Waals surface area contributed by atoms with Crippen LogP contribution < -0.4 is 5.32 Å². The quantitative estimate of drug-likeness (QED) is 0.906. The number of anilines is 2. The van der Waals surface area contributed by atoms with Crippen LogP contribution in [0.4, 0.5) is 11.6 Å². The average Bonchev–Trinajstić information content (AvgIpc) is 2.48. The highest BCUT2D eigenvalue weighted by atomic mass is 16.4. The first-order chi connectivity index (χ1) is 10.1. The standard InChI is InChI=1S/C16H17N3O2/c1-10-13-9-11(15(20)21)7-8-14(13)19-16(17-10)18-12-5-3-2-4-6-12/h2-6,11H,7-9H2,1H3,(H,20,21)(H,17,18,19). The topological polar surface area (TPSA) is 75.1 Å². The van der Waals surface area contributed by atoms with E-state index in [1.54, 1.807) is 0 Å². The molecular weight excluding hydrogens is 266 g/mol. The van der Waals surface area contributed by atoms with Crippen LogP contribution in [-0.4, -0.2) is 21.0 Å². The van der Waals surface area contributed by atoms with Gasteiger partial charge >= 0.3 is 5.97 Å². The van der Waals surface area contributed by atoms with Gasteiger partial charge in [0.1, 0.15) is 0 Å².